The highest BCUT2D eigenvalue weighted by Gasteiger charge is 2.37. The van der Waals surface area contributed by atoms with E-state index < -0.39 is 11.8 Å². The highest BCUT2D eigenvalue weighted by molar-refractivity contribution is 6.02. The number of carbonyl (C=O) groups excluding carboxylic acids is 3. The van der Waals surface area contributed by atoms with E-state index in [0.717, 1.165) is 5.56 Å². The SMILES string of the molecule is CC(=O)c1c(C)oc(NC(=O)C2CC(=O)N(C(C)c3ccccc3)C2)c1C#N. The number of ketones is 1. The fourth-order valence-electron chi connectivity index (χ4n) is 3.57. The van der Waals surface area contributed by atoms with Crippen molar-refractivity contribution in [1.82, 2.24) is 4.90 Å². The van der Waals surface area contributed by atoms with Gasteiger partial charge in [0.15, 0.2) is 5.78 Å². The number of aryl methyl sites for hydroxylation is 1. The molecule has 0 aliphatic carbocycles. The lowest BCUT2D eigenvalue weighted by molar-refractivity contribution is -0.129. The molecule has 2 unspecified atom stereocenters. The summed E-state index contributed by atoms with van der Waals surface area (Å²) >= 11 is 0. The van der Waals surface area contributed by atoms with E-state index in [0.29, 0.717) is 0 Å². The van der Waals surface area contributed by atoms with E-state index >= 15 is 0 Å². The first-order valence-electron chi connectivity index (χ1n) is 9.03. The van der Waals surface area contributed by atoms with Crippen molar-refractivity contribution in [2.24, 2.45) is 5.92 Å². The third-order valence-corrected chi connectivity index (χ3v) is 5.06. The predicted molar refractivity (Wildman–Crippen MR) is 101 cm³/mol. The van der Waals surface area contributed by atoms with Crippen LogP contribution in [0.25, 0.3) is 0 Å². The van der Waals surface area contributed by atoms with Crippen molar-refractivity contribution in [3.8, 4) is 6.07 Å². The molecule has 1 saturated heterocycles. The zero-order chi connectivity index (χ0) is 20.4. The normalized spacial score (nSPS) is 17.3. The Morgan fingerprint density at radius 1 is 1.32 bits per heavy atom. The number of hydrogen-bond acceptors (Lipinski definition) is 5. The monoisotopic (exact) mass is 379 g/mol. The molecule has 0 spiro atoms. The van der Waals surface area contributed by atoms with Crippen molar-refractivity contribution in [2.75, 3.05) is 11.9 Å². The van der Waals surface area contributed by atoms with Crippen molar-refractivity contribution in [2.45, 2.75) is 33.2 Å². The standard InChI is InChI=1S/C21H21N3O4/c1-12(15-7-5-4-6-8-15)24-11-16(9-18(24)26)20(27)23-21-17(10-22)19(13(2)25)14(3)28-21/h4-8,12,16H,9,11H2,1-3H3,(H,23,27). The van der Waals surface area contributed by atoms with Gasteiger partial charge in [-0.05, 0) is 26.3 Å². The number of nitriles is 1. The molecule has 3 rings (SSSR count). The Bertz CT molecular complexity index is 972. The summed E-state index contributed by atoms with van der Waals surface area (Å²) in [7, 11) is 0. The number of benzene rings is 1. The van der Waals surface area contributed by atoms with E-state index in [2.05, 4.69) is 5.32 Å². The molecule has 7 nitrogen and oxygen atoms in total. The van der Waals surface area contributed by atoms with Crippen LogP contribution in [0.15, 0.2) is 34.7 Å². The van der Waals surface area contributed by atoms with E-state index in [1.54, 1.807) is 11.8 Å². The minimum Gasteiger partial charge on any atom is -0.443 e. The van der Waals surface area contributed by atoms with Gasteiger partial charge < -0.3 is 9.32 Å². The molecule has 1 N–H and O–H groups in total. The maximum absolute atomic E-state index is 12.7. The number of carbonyl (C=O) groups is 3. The molecular weight excluding hydrogens is 358 g/mol. The summed E-state index contributed by atoms with van der Waals surface area (Å²) in [5.41, 5.74) is 1.17. The first-order valence-corrected chi connectivity index (χ1v) is 9.03. The van der Waals surface area contributed by atoms with Crippen molar-refractivity contribution < 1.29 is 18.8 Å². The zero-order valence-corrected chi connectivity index (χ0v) is 16.0. The summed E-state index contributed by atoms with van der Waals surface area (Å²) in [6.07, 6.45) is 0.0875. The Hall–Kier alpha value is -3.40. The second-order valence-electron chi connectivity index (χ2n) is 6.93. The number of rotatable bonds is 5. The number of nitrogens with one attached hydrogen (secondary N) is 1. The molecule has 2 heterocycles. The van der Waals surface area contributed by atoms with Gasteiger partial charge in [0, 0.05) is 13.0 Å². The van der Waals surface area contributed by atoms with E-state index in [1.807, 2.05) is 43.3 Å². The van der Waals surface area contributed by atoms with Crippen LogP contribution >= 0.6 is 0 Å². The number of furan rings is 1. The summed E-state index contributed by atoms with van der Waals surface area (Å²) in [5.74, 6) is -1.14. The van der Waals surface area contributed by atoms with Gasteiger partial charge in [0.05, 0.1) is 17.5 Å². The van der Waals surface area contributed by atoms with Gasteiger partial charge in [-0.2, -0.15) is 5.26 Å². The van der Waals surface area contributed by atoms with Gasteiger partial charge in [0.2, 0.25) is 17.7 Å². The third kappa shape index (κ3) is 3.54. The lowest BCUT2D eigenvalue weighted by Gasteiger charge is -2.25. The van der Waals surface area contributed by atoms with Crippen LogP contribution in [0.1, 0.15) is 53.6 Å². The van der Waals surface area contributed by atoms with Gasteiger partial charge in [-0.25, -0.2) is 0 Å². The van der Waals surface area contributed by atoms with E-state index in [4.69, 9.17) is 4.42 Å². The lowest BCUT2D eigenvalue weighted by atomic mass is 10.1. The number of amides is 2. The second-order valence-corrected chi connectivity index (χ2v) is 6.93. The Morgan fingerprint density at radius 3 is 2.61 bits per heavy atom. The highest BCUT2D eigenvalue weighted by Crippen LogP contribution is 2.31. The lowest BCUT2D eigenvalue weighted by Crippen LogP contribution is -2.30. The Morgan fingerprint density at radius 2 is 2.00 bits per heavy atom. The van der Waals surface area contributed by atoms with Crippen LogP contribution < -0.4 is 5.32 Å². The number of anilines is 1. The topological polar surface area (TPSA) is 103 Å². The predicted octanol–water partition coefficient (Wildman–Crippen LogP) is 3.21. The van der Waals surface area contributed by atoms with Crippen molar-refractivity contribution >= 4 is 23.5 Å². The molecular formula is C21H21N3O4. The molecule has 2 amide bonds. The molecule has 1 fully saturated rings. The molecule has 1 aliphatic rings. The molecule has 0 bridgehead atoms. The summed E-state index contributed by atoms with van der Waals surface area (Å²) in [6.45, 7) is 5.11. The molecule has 7 heteroatoms. The molecule has 2 atom stereocenters. The van der Waals surface area contributed by atoms with Crippen LogP contribution in [0.3, 0.4) is 0 Å². The van der Waals surface area contributed by atoms with E-state index in [9.17, 15) is 19.6 Å². The molecule has 1 aromatic heterocycles. The van der Waals surface area contributed by atoms with Crippen LogP contribution in [0, 0.1) is 24.2 Å². The summed E-state index contributed by atoms with van der Waals surface area (Å²) < 4.78 is 5.42. The average Bonchev–Trinajstić information content (AvgIpc) is 3.21. The van der Waals surface area contributed by atoms with Gasteiger partial charge in [0.1, 0.15) is 17.4 Å². The maximum atomic E-state index is 12.7. The van der Waals surface area contributed by atoms with Crippen LogP contribution in [0.2, 0.25) is 0 Å². The fraction of sp³-hybridized carbons (Fsp3) is 0.333. The molecule has 2 aromatic rings. The van der Waals surface area contributed by atoms with Gasteiger partial charge in [0.25, 0.3) is 0 Å². The smallest absolute Gasteiger partial charge is 0.232 e. The zero-order valence-electron chi connectivity index (χ0n) is 16.0. The molecule has 0 radical (unpaired) electrons. The quantitative estimate of drug-likeness (QED) is 0.804. The van der Waals surface area contributed by atoms with Crippen molar-refractivity contribution in [3.05, 3.63) is 52.8 Å². The first kappa shape index (κ1) is 19.4. The maximum Gasteiger partial charge on any atom is 0.232 e. The van der Waals surface area contributed by atoms with Crippen molar-refractivity contribution in [1.29, 1.82) is 5.26 Å². The van der Waals surface area contributed by atoms with Gasteiger partial charge in [-0.1, -0.05) is 30.3 Å². The Balaban J connectivity index is 1.75. The van der Waals surface area contributed by atoms with Crippen LogP contribution in [0.4, 0.5) is 5.88 Å². The highest BCUT2D eigenvalue weighted by atomic mass is 16.4. The summed E-state index contributed by atoms with van der Waals surface area (Å²) in [6, 6.07) is 11.4. The molecule has 1 aliphatic heterocycles. The second kappa shape index (κ2) is 7.69. The van der Waals surface area contributed by atoms with Gasteiger partial charge in [-0.3, -0.25) is 19.7 Å². The number of Topliss-reactive ketones (excluding diaryl/α,β-unsaturated/α-hetero) is 1. The first-order chi connectivity index (χ1) is 13.3. The number of hydrogen-bond donors (Lipinski definition) is 1. The van der Waals surface area contributed by atoms with Gasteiger partial charge in [-0.15, -0.1) is 0 Å². The molecule has 0 saturated carbocycles. The average molecular weight is 379 g/mol. The molecule has 144 valence electrons. The fourth-order valence-corrected chi connectivity index (χ4v) is 3.57. The van der Waals surface area contributed by atoms with E-state index in [1.165, 1.54) is 6.92 Å². The Kier molecular flexibility index (Phi) is 5.32. The largest absolute Gasteiger partial charge is 0.443 e. The number of nitrogens with zero attached hydrogens (tertiary/aromatic N) is 2. The molecule has 28 heavy (non-hydrogen) atoms. The van der Waals surface area contributed by atoms with E-state index in [-0.39, 0.29) is 53.5 Å². The summed E-state index contributed by atoms with van der Waals surface area (Å²) in [5, 5.41) is 11.9. The molecule has 1 aromatic carbocycles. The number of likely N-dealkylation sites (tertiary alicyclic amines) is 1. The minimum atomic E-state index is -0.559. The minimum absolute atomic E-state index is 0.0113. The van der Waals surface area contributed by atoms with Gasteiger partial charge >= 0.3 is 0 Å². The van der Waals surface area contributed by atoms with Crippen LogP contribution in [0.5, 0.6) is 0 Å². The van der Waals surface area contributed by atoms with Crippen LogP contribution in [-0.2, 0) is 9.59 Å². The van der Waals surface area contributed by atoms with Crippen molar-refractivity contribution in [3.63, 3.8) is 0 Å². The summed E-state index contributed by atoms with van der Waals surface area (Å²) in [4.78, 5) is 38.5. The Labute approximate surface area is 162 Å². The third-order valence-electron chi connectivity index (χ3n) is 5.06. The van der Waals surface area contributed by atoms with Crippen LogP contribution in [-0.4, -0.2) is 29.0 Å².